The van der Waals surface area contributed by atoms with E-state index >= 15 is 0 Å². The molecule has 1 aliphatic heterocycles. The fraction of sp³-hybridized carbons (Fsp3) is 0.818. The average molecular weight is 292 g/mol. The van der Waals surface area contributed by atoms with Crippen LogP contribution in [0.4, 0.5) is 0 Å². The van der Waals surface area contributed by atoms with E-state index in [0.29, 0.717) is 26.2 Å². The lowest BCUT2D eigenvalue weighted by Crippen LogP contribution is -2.51. The summed E-state index contributed by atoms with van der Waals surface area (Å²) in [5.74, 6) is -2.73. The van der Waals surface area contributed by atoms with Crippen LogP contribution in [-0.2, 0) is 19.4 Å². The number of carboxylic acid groups (broad SMARTS) is 1. The van der Waals surface area contributed by atoms with Crippen LogP contribution < -0.4 is 0 Å². The van der Waals surface area contributed by atoms with Crippen LogP contribution in [0, 0.1) is 0 Å². The molecule has 0 aromatic carbocycles. The lowest BCUT2D eigenvalue weighted by molar-refractivity contribution is -0.139. The first-order chi connectivity index (χ1) is 8.58. The molecule has 7 nitrogen and oxygen atoms in total. The highest BCUT2D eigenvalue weighted by Crippen LogP contribution is 2.18. The van der Waals surface area contributed by atoms with Gasteiger partial charge in [-0.15, -0.1) is 0 Å². The Hall–Kier alpha value is -1.15. The van der Waals surface area contributed by atoms with Crippen LogP contribution >= 0.6 is 0 Å². The molecule has 0 aliphatic carbocycles. The van der Waals surface area contributed by atoms with Crippen molar-refractivity contribution in [1.29, 1.82) is 0 Å². The number of rotatable bonds is 4. The van der Waals surface area contributed by atoms with E-state index in [1.807, 2.05) is 11.9 Å². The van der Waals surface area contributed by atoms with Crippen molar-refractivity contribution in [3.05, 3.63) is 0 Å². The molecule has 8 heteroatoms. The molecule has 110 valence electrons. The molecule has 0 radical (unpaired) electrons. The van der Waals surface area contributed by atoms with Gasteiger partial charge in [0.2, 0.25) is 5.91 Å². The molecule has 0 bridgehead atoms. The van der Waals surface area contributed by atoms with Crippen molar-refractivity contribution in [3.63, 3.8) is 0 Å². The third-order valence-corrected chi connectivity index (χ3v) is 5.82. The standard InChI is InChI=1S/C11H20N2O5S/c1-11(2,10(15)16)19(17,18)8-9(14)13-6-4-12(3)5-7-13/h4-8H2,1-3H3,(H,15,16). The van der Waals surface area contributed by atoms with Crippen LogP contribution in [0.25, 0.3) is 0 Å². The minimum Gasteiger partial charge on any atom is -0.480 e. The lowest BCUT2D eigenvalue weighted by atomic mass is 10.2. The molecule has 1 heterocycles. The normalized spacial score (nSPS) is 18.4. The predicted molar refractivity (Wildman–Crippen MR) is 69.6 cm³/mol. The summed E-state index contributed by atoms with van der Waals surface area (Å²) in [4.78, 5) is 26.4. The highest BCUT2D eigenvalue weighted by atomic mass is 32.2. The Morgan fingerprint density at radius 3 is 2.05 bits per heavy atom. The Balaban J connectivity index is 2.74. The number of hydrogen-bond donors (Lipinski definition) is 1. The molecule has 0 aromatic heterocycles. The number of hydrogen-bond acceptors (Lipinski definition) is 5. The van der Waals surface area contributed by atoms with Gasteiger partial charge in [0.25, 0.3) is 0 Å². The highest BCUT2D eigenvalue weighted by Gasteiger charge is 2.43. The number of amides is 1. The zero-order valence-corrected chi connectivity index (χ0v) is 12.2. The fourth-order valence-electron chi connectivity index (χ4n) is 1.62. The van der Waals surface area contributed by atoms with E-state index in [-0.39, 0.29) is 0 Å². The van der Waals surface area contributed by atoms with Crippen LogP contribution in [-0.4, -0.2) is 78.9 Å². The monoisotopic (exact) mass is 292 g/mol. The first-order valence-corrected chi connectivity index (χ1v) is 7.65. The van der Waals surface area contributed by atoms with Gasteiger partial charge in [-0.1, -0.05) is 0 Å². The van der Waals surface area contributed by atoms with Gasteiger partial charge in [0.1, 0.15) is 5.75 Å². The number of sulfone groups is 1. The highest BCUT2D eigenvalue weighted by molar-refractivity contribution is 7.94. The summed E-state index contributed by atoms with van der Waals surface area (Å²) in [7, 11) is -2.10. The number of carboxylic acids is 1. The average Bonchev–Trinajstić information content (AvgIpc) is 2.28. The Morgan fingerprint density at radius 2 is 1.63 bits per heavy atom. The van der Waals surface area contributed by atoms with Gasteiger partial charge in [-0.25, -0.2) is 8.42 Å². The summed E-state index contributed by atoms with van der Waals surface area (Å²) in [6, 6.07) is 0. The van der Waals surface area contributed by atoms with Crippen LogP contribution in [0.2, 0.25) is 0 Å². The molecule has 0 aromatic rings. The topological polar surface area (TPSA) is 95.0 Å². The summed E-state index contributed by atoms with van der Waals surface area (Å²) in [5, 5.41) is 8.92. The predicted octanol–water partition coefficient (Wildman–Crippen LogP) is -0.962. The Labute approximate surface area is 113 Å². The van der Waals surface area contributed by atoms with Crippen molar-refractivity contribution >= 4 is 21.7 Å². The molecule has 0 atom stereocenters. The summed E-state index contributed by atoms with van der Waals surface area (Å²) < 4.78 is 22.0. The van der Waals surface area contributed by atoms with Gasteiger partial charge in [0.05, 0.1) is 0 Å². The number of piperazine rings is 1. The van der Waals surface area contributed by atoms with Gasteiger partial charge in [0.15, 0.2) is 14.6 Å². The van der Waals surface area contributed by atoms with Gasteiger partial charge in [-0.05, 0) is 20.9 Å². The zero-order chi connectivity index (χ0) is 14.8. The van der Waals surface area contributed by atoms with Gasteiger partial charge in [-0.3, -0.25) is 9.59 Å². The summed E-state index contributed by atoms with van der Waals surface area (Å²) in [6.45, 7) is 4.52. The SMILES string of the molecule is CN1CCN(C(=O)CS(=O)(=O)C(C)(C)C(=O)O)CC1. The second-order valence-corrected chi connectivity index (χ2v) is 7.80. The Kier molecular flexibility index (Phi) is 4.57. The number of likely N-dealkylation sites (N-methyl/N-ethyl adjacent to an activating group) is 1. The van der Waals surface area contributed by atoms with Crippen LogP contribution in [0.3, 0.4) is 0 Å². The first kappa shape index (κ1) is 15.9. The number of nitrogens with zero attached hydrogens (tertiary/aromatic N) is 2. The quantitative estimate of drug-likeness (QED) is 0.717. The van der Waals surface area contributed by atoms with Gasteiger partial charge >= 0.3 is 5.97 Å². The maximum Gasteiger partial charge on any atom is 0.324 e. The molecule has 1 aliphatic rings. The molecule has 0 spiro atoms. The second-order valence-electron chi connectivity index (χ2n) is 5.26. The molecule has 0 saturated carbocycles. The largest absolute Gasteiger partial charge is 0.480 e. The van der Waals surface area contributed by atoms with E-state index in [1.54, 1.807) is 0 Å². The van der Waals surface area contributed by atoms with Gasteiger partial charge in [-0.2, -0.15) is 0 Å². The number of aliphatic carboxylic acids is 1. The van der Waals surface area contributed by atoms with Crippen LogP contribution in [0.15, 0.2) is 0 Å². The second kappa shape index (κ2) is 5.46. The minimum atomic E-state index is -4.03. The summed E-state index contributed by atoms with van der Waals surface area (Å²) >= 11 is 0. The number of carbonyl (C=O) groups is 2. The van der Waals surface area contributed by atoms with E-state index in [0.717, 1.165) is 13.8 Å². The molecule has 1 rings (SSSR count). The summed E-state index contributed by atoms with van der Waals surface area (Å²) in [5.41, 5.74) is 0. The van der Waals surface area contributed by atoms with Crippen molar-refractivity contribution < 1.29 is 23.1 Å². The smallest absolute Gasteiger partial charge is 0.324 e. The van der Waals surface area contributed by atoms with E-state index in [2.05, 4.69) is 0 Å². The third-order valence-electron chi connectivity index (χ3n) is 3.46. The zero-order valence-electron chi connectivity index (χ0n) is 11.4. The fourth-order valence-corrected chi connectivity index (χ4v) is 2.76. The molecule has 19 heavy (non-hydrogen) atoms. The lowest BCUT2D eigenvalue weighted by Gasteiger charge is -2.33. The van der Waals surface area contributed by atoms with Crippen molar-refractivity contribution in [2.24, 2.45) is 0 Å². The first-order valence-electron chi connectivity index (χ1n) is 6.00. The van der Waals surface area contributed by atoms with E-state index in [4.69, 9.17) is 5.11 Å². The van der Waals surface area contributed by atoms with E-state index in [9.17, 15) is 18.0 Å². The van der Waals surface area contributed by atoms with E-state index < -0.39 is 32.2 Å². The molecular weight excluding hydrogens is 272 g/mol. The molecule has 1 N–H and O–H groups in total. The van der Waals surface area contributed by atoms with Gasteiger partial charge in [0, 0.05) is 26.2 Å². The third kappa shape index (κ3) is 3.44. The van der Waals surface area contributed by atoms with Crippen molar-refractivity contribution in [1.82, 2.24) is 9.80 Å². The number of carbonyl (C=O) groups excluding carboxylic acids is 1. The van der Waals surface area contributed by atoms with Crippen molar-refractivity contribution in [2.75, 3.05) is 39.0 Å². The van der Waals surface area contributed by atoms with Crippen LogP contribution in [0.5, 0.6) is 0 Å². The maximum absolute atomic E-state index is 12.0. The van der Waals surface area contributed by atoms with Crippen LogP contribution in [0.1, 0.15) is 13.8 Å². The Bertz CT molecular complexity index is 463. The summed E-state index contributed by atoms with van der Waals surface area (Å²) in [6.07, 6.45) is 0. The molecule has 1 fully saturated rings. The minimum absolute atomic E-state index is 0.471. The maximum atomic E-state index is 12.0. The van der Waals surface area contributed by atoms with Crippen molar-refractivity contribution in [3.8, 4) is 0 Å². The molecule has 0 unspecified atom stereocenters. The molecule has 1 saturated heterocycles. The van der Waals surface area contributed by atoms with Crippen molar-refractivity contribution in [2.45, 2.75) is 18.6 Å². The molecular formula is C11H20N2O5S. The molecule has 1 amide bonds. The van der Waals surface area contributed by atoms with Gasteiger partial charge < -0.3 is 14.9 Å². The Morgan fingerprint density at radius 1 is 1.16 bits per heavy atom. The van der Waals surface area contributed by atoms with E-state index in [1.165, 1.54) is 4.90 Å².